The van der Waals surface area contributed by atoms with Gasteiger partial charge in [-0.3, -0.25) is 4.79 Å². The lowest BCUT2D eigenvalue weighted by molar-refractivity contribution is -0.122. The minimum absolute atomic E-state index is 0.197. The zero-order valence-corrected chi connectivity index (χ0v) is 23.3. The normalized spacial score (nSPS) is 11.1. The summed E-state index contributed by atoms with van der Waals surface area (Å²) < 4.78 is 11.8. The summed E-state index contributed by atoms with van der Waals surface area (Å²) in [6.07, 6.45) is 0. The molecule has 0 fully saturated rings. The molecule has 0 aliphatic rings. The van der Waals surface area contributed by atoms with E-state index in [2.05, 4.69) is 53.1 Å². The molecule has 0 saturated carbocycles. The van der Waals surface area contributed by atoms with E-state index in [0.29, 0.717) is 41.5 Å². The number of anilines is 1. The van der Waals surface area contributed by atoms with E-state index in [9.17, 15) is 4.79 Å². The van der Waals surface area contributed by atoms with Crippen molar-refractivity contribution in [1.82, 2.24) is 5.32 Å². The smallest absolute Gasteiger partial charge is 0.247 e. The number of nitrogens with one attached hydrogen (secondary N) is 2. The number of rotatable bonds is 11. The predicted molar refractivity (Wildman–Crippen MR) is 165 cm³/mol. The van der Waals surface area contributed by atoms with Gasteiger partial charge in [-0.1, -0.05) is 91.0 Å². The summed E-state index contributed by atoms with van der Waals surface area (Å²) in [7, 11) is 1.58. The maximum atomic E-state index is 13.5. The zero-order chi connectivity index (χ0) is 29.1. The zero-order valence-electron chi connectivity index (χ0n) is 23.3. The third-order valence-electron chi connectivity index (χ3n) is 6.87. The van der Waals surface area contributed by atoms with Gasteiger partial charge in [0.25, 0.3) is 0 Å². The van der Waals surface area contributed by atoms with Crippen molar-refractivity contribution < 1.29 is 14.3 Å². The van der Waals surface area contributed by atoms with E-state index < -0.39 is 6.04 Å². The lowest BCUT2D eigenvalue weighted by Gasteiger charge is -2.21. The van der Waals surface area contributed by atoms with Gasteiger partial charge in [-0.05, 0) is 64.2 Å². The molecule has 0 radical (unpaired) electrons. The van der Waals surface area contributed by atoms with E-state index in [4.69, 9.17) is 14.7 Å². The maximum absolute atomic E-state index is 13.5. The molecule has 0 unspecified atom stereocenters. The van der Waals surface area contributed by atoms with Gasteiger partial charge in [-0.25, -0.2) is 0 Å². The van der Waals surface area contributed by atoms with Gasteiger partial charge in [0.15, 0.2) is 11.5 Å². The van der Waals surface area contributed by atoms with Gasteiger partial charge >= 0.3 is 0 Å². The Morgan fingerprint density at radius 1 is 0.762 bits per heavy atom. The number of amides is 1. The molecular weight excluding hydrogens is 522 g/mol. The van der Waals surface area contributed by atoms with E-state index in [1.807, 2.05) is 66.7 Å². The van der Waals surface area contributed by atoms with Crippen LogP contribution in [0, 0.1) is 11.3 Å². The van der Waals surface area contributed by atoms with Gasteiger partial charge in [0.2, 0.25) is 5.91 Å². The highest BCUT2D eigenvalue weighted by atomic mass is 16.5. The molecule has 1 amide bonds. The number of methoxy groups -OCH3 is 1. The molecule has 0 heterocycles. The number of nitrogens with zero attached hydrogens (tertiary/aromatic N) is 1. The Balaban J connectivity index is 1.32. The lowest BCUT2D eigenvalue weighted by atomic mass is 10.0. The number of carbonyl (C=O) groups is 1. The largest absolute Gasteiger partial charge is 0.493 e. The Labute approximate surface area is 246 Å². The number of hydrogen-bond donors (Lipinski definition) is 2. The number of benzene rings is 5. The van der Waals surface area contributed by atoms with Crippen molar-refractivity contribution in [3.05, 3.63) is 150 Å². The molecule has 0 spiro atoms. The molecule has 2 N–H and O–H groups in total. The summed E-state index contributed by atoms with van der Waals surface area (Å²) in [5.74, 6) is 0.906. The number of hydrogen-bond acceptors (Lipinski definition) is 5. The summed E-state index contributed by atoms with van der Waals surface area (Å²) in [5.41, 5.74) is 6.31. The van der Waals surface area contributed by atoms with Gasteiger partial charge in [0.05, 0.1) is 18.7 Å². The second kappa shape index (κ2) is 13.7. The number of carbonyl (C=O) groups excluding carboxylic acids is 1. The van der Waals surface area contributed by atoms with E-state index in [0.717, 1.165) is 16.7 Å². The second-order valence-corrected chi connectivity index (χ2v) is 9.73. The van der Waals surface area contributed by atoms with Crippen LogP contribution in [0.1, 0.15) is 28.3 Å². The van der Waals surface area contributed by atoms with Crippen molar-refractivity contribution in [2.75, 3.05) is 12.4 Å². The van der Waals surface area contributed by atoms with Crippen LogP contribution < -0.4 is 20.1 Å². The molecule has 6 nitrogen and oxygen atoms in total. The van der Waals surface area contributed by atoms with E-state index in [1.165, 1.54) is 5.56 Å². The van der Waals surface area contributed by atoms with Crippen molar-refractivity contribution in [3.63, 3.8) is 0 Å². The summed E-state index contributed by atoms with van der Waals surface area (Å²) >= 11 is 0. The summed E-state index contributed by atoms with van der Waals surface area (Å²) in [4.78, 5) is 13.5. The van der Waals surface area contributed by atoms with E-state index in [1.54, 1.807) is 31.4 Å². The Bertz CT molecular complexity index is 1650. The minimum atomic E-state index is -0.713. The molecule has 1 atom stereocenters. The molecule has 6 heteroatoms. The topological polar surface area (TPSA) is 83.4 Å². The Morgan fingerprint density at radius 3 is 2.10 bits per heavy atom. The summed E-state index contributed by atoms with van der Waals surface area (Å²) in [6, 6.07) is 42.2. The highest BCUT2D eigenvalue weighted by Crippen LogP contribution is 2.33. The van der Waals surface area contributed by atoms with E-state index in [-0.39, 0.29) is 5.91 Å². The lowest BCUT2D eigenvalue weighted by Crippen LogP contribution is -2.33. The molecule has 5 rings (SSSR count). The average molecular weight is 554 g/mol. The Hall–Kier alpha value is -5.54. The summed E-state index contributed by atoms with van der Waals surface area (Å²) in [5, 5.41) is 15.5. The molecular formula is C36H31N3O3. The van der Waals surface area contributed by atoms with Crippen LogP contribution in [0.3, 0.4) is 0 Å². The number of ether oxygens (including phenoxy) is 2. The predicted octanol–water partition coefficient (Wildman–Crippen LogP) is 7.28. The van der Waals surface area contributed by atoms with Crippen LogP contribution in [0.4, 0.5) is 5.69 Å². The van der Waals surface area contributed by atoms with E-state index >= 15 is 0 Å². The molecule has 42 heavy (non-hydrogen) atoms. The van der Waals surface area contributed by atoms with Crippen molar-refractivity contribution in [2.45, 2.75) is 19.2 Å². The molecule has 0 aliphatic carbocycles. The standard InChI is InChI=1S/C36H31N3O3/c1-41-34-22-31(18-21-33(34)42-25-28-12-16-30(17-13-28)29-10-6-3-7-11-29)35(39-32-19-14-26(23-37)15-20-32)36(40)38-24-27-8-4-2-5-9-27/h2-22,35,39H,24-25H2,1H3,(H,38,40)/t35-/m0/s1. The number of nitriles is 1. The summed E-state index contributed by atoms with van der Waals surface area (Å²) in [6.45, 7) is 0.766. The maximum Gasteiger partial charge on any atom is 0.247 e. The fraction of sp³-hybridized carbons (Fsp3) is 0.111. The van der Waals surface area contributed by atoms with Crippen LogP contribution in [-0.2, 0) is 17.9 Å². The van der Waals surface area contributed by atoms with Crippen molar-refractivity contribution in [2.24, 2.45) is 0 Å². The van der Waals surface area contributed by atoms with Crippen LogP contribution in [0.5, 0.6) is 11.5 Å². The van der Waals surface area contributed by atoms with Crippen LogP contribution in [0.25, 0.3) is 11.1 Å². The van der Waals surface area contributed by atoms with Crippen LogP contribution in [0.2, 0.25) is 0 Å². The van der Waals surface area contributed by atoms with Gasteiger partial charge in [0, 0.05) is 12.2 Å². The van der Waals surface area contributed by atoms with Gasteiger partial charge in [0.1, 0.15) is 12.6 Å². The first-order valence-corrected chi connectivity index (χ1v) is 13.7. The van der Waals surface area contributed by atoms with Crippen molar-refractivity contribution in [3.8, 4) is 28.7 Å². The Morgan fingerprint density at radius 2 is 1.43 bits per heavy atom. The average Bonchev–Trinajstić information content (AvgIpc) is 3.06. The SMILES string of the molecule is COc1cc([C@H](Nc2ccc(C#N)cc2)C(=O)NCc2ccccc2)ccc1OCc1ccc(-c2ccccc2)cc1. The van der Waals surface area contributed by atoms with Gasteiger partial charge in [-0.2, -0.15) is 5.26 Å². The van der Waals surface area contributed by atoms with Crippen LogP contribution >= 0.6 is 0 Å². The Kier molecular flexibility index (Phi) is 9.13. The fourth-order valence-corrected chi connectivity index (χ4v) is 4.56. The van der Waals surface area contributed by atoms with Crippen LogP contribution in [-0.4, -0.2) is 13.0 Å². The monoisotopic (exact) mass is 553 g/mol. The van der Waals surface area contributed by atoms with Gasteiger partial charge < -0.3 is 20.1 Å². The second-order valence-electron chi connectivity index (χ2n) is 9.73. The third kappa shape index (κ3) is 7.15. The third-order valence-corrected chi connectivity index (χ3v) is 6.87. The first-order chi connectivity index (χ1) is 20.6. The van der Waals surface area contributed by atoms with Crippen molar-refractivity contribution >= 4 is 11.6 Å². The van der Waals surface area contributed by atoms with Crippen molar-refractivity contribution in [1.29, 1.82) is 5.26 Å². The first kappa shape index (κ1) is 28.0. The fourth-order valence-electron chi connectivity index (χ4n) is 4.56. The van der Waals surface area contributed by atoms with Gasteiger partial charge in [-0.15, -0.1) is 0 Å². The highest BCUT2D eigenvalue weighted by Gasteiger charge is 2.22. The molecule has 208 valence electrons. The quantitative estimate of drug-likeness (QED) is 0.180. The molecule has 5 aromatic carbocycles. The first-order valence-electron chi connectivity index (χ1n) is 13.7. The highest BCUT2D eigenvalue weighted by molar-refractivity contribution is 5.86. The molecule has 0 aliphatic heterocycles. The molecule has 0 saturated heterocycles. The molecule has 0 bridgehead atoms. The molecule has 0 aromatic heterocycles. The minimum Gasteiger partial charge on any atom is -0.493 e. The molecule has 5 aromatic rings. The van der Waals surface area contributed by atoms with Crippen LogP contribution in [0.15, 0.2) is 127 Å².